The Labute approximate surface area is 204 Å². The average molecular weight is 495 g/mol. The number of halogens is 1. The van der Waals surface area contributed by atoms with Crippen molar-refractivity contribution in [1.82, 2.24) is 19.7 Å². The number of carboxylic acid groups (broad SMARTS) is 1. The summed E-state index contributed by atoms with van der Waals surface area (Å²) in [6, 6.07) is 14.8. The maximum Gasteiger partial charge on any atom is 0.342 e. The number of ether oxygens (including phenoxy) is 2. The van der Waals surface area contributed by atoms with Gasteiger partial charge in [0.05, 0.1) is 0 Å². The van der Waals surface area contributed by atoms with Crippen molar-refractivity contribution in [3.63, 3.8) is 0 Å². The van der Waals surface area contributed by atoms with Gasteiger partial charge in [0.15, 0.2) is 17.3 Å². The van der Waals surface area contributed by atoms with Crippen molar-refractivity contribution in [3.8, 4) is 28.6 Å². The predicted molar refractivity (Wildman–Crippen MR) is 130 cm³/mol. The normalized spacial score (nSPS) is 12.9. The monoisotopic (exact) mass is 494 g/mol. The topological polar surface area (TPSA) is 102 Å². The number of aromatic amines is 1. The van der Waals surface area contributed by atoms with Gasteiger partial charge in [0, 0.05) is 33.7 Å². The number of benzene rings is 2. The van der Waals surface area contributed by atoms with E-state index in [9.17, 15) is 9.90 Å². The molecular formula is C24H19ClN4O4S. The third kappa shape index (κ3) is 4.27. The first kappa shape index (κ1) is 22.1. The Hall–Kier alpha value is -3.69. The zero-order valence-electron chi connectivity index (χ0n) is 18.2. The average Bonchev–Trinajstić information content (AvgIpc) is 3.53. The fraction of sp³-hybridized carbons (Fsp3) is 0.125. The molecule has 2 N–H and O–H groups in total. The molecule has 1 aliphatic rings. The highest BCUT2D eigenvalue weighted by Gasteiger charge is 2.19. The summed E-state index contributed by atoms with van der Waals surface area (Å²) in [6.45, 7) is 4.12. The Kier molecular flexibility index (Phi) is 5.80. The van der Waals surface area contributed by atoms with Gasteiger partial charge in [-0.15, -0.1) is 5.10 Å². The largest absolute Gasteiger partial charge is 0.477 e. The van der Waals surface area contributed by atoms with E-state index in [1.54, 1.807) is 18.2 Å². The van der Waals surface area contributed by atoms with Gasteiger partial charge in [-0.3, -0.25) is 5.10 Å². The first-order valence-electron chi connectivity index (χ1n) is 10.3. The number of aryl methyl sites for hydroxylation is 1. The fourth-order valence-electron chi connectivity index (χ4n) is 3.76. The Morgan fingerprint density at radius 3 is 2.68 bits per heavy atom. The molecular weight excluding hydrogens is 476 g/mol. The van der Waals surface area contributed by atoms with E-state index in [1.165, 1.54) is 0 Å². The number of aromatic nitrogens is 4. The number of nitrogens with zero attached hydrogens (tertiary/aromatic N) is 3. The molecule has 0 atom stereocenters. The van der Waals surface area contributed by atoms with Gasteiger partial charge in [0.1, 0.15) is 4.91 Å². The van der Waals surface area contributed by atoms with E-state index in [0.717, 1.165) is 40.0 Å². The molecule has 0 fully saturated rings. The summed E-state index contributed by atoms with van der Waals surface area (Å²) in [6.07, 6.45) is 1.64. The van der Waals surface area contributed by atoms with Crippen LogP contribution in [0.25, 0.3) is 23.2 Å². The third-order valence-corrected chi connectivity index (χ3v) is 6.50. The SMILES string of the molecule is Cc1cc(/C=C(/Sc2n[nH]c(-c3ccc(Cl)cc3)n2)C(=O)O)c(C)n1-c1ccc2c(c1)OCO2. The van der Waals surface area contributed by atoms with Crippen LogP contribution in [0.1, 0.15) is 17.0 Å². The molecule has 0 saturated carbocycles. The highest BCUT2D eigenvalue weighted by Crippen LogP contribution is 2.35. The molecule has 0 spiro atoms. The first-order chi connectivity index (χ1) is 16.4. The number of rotatable bonds is 6. The fourth-order valence-corrected chi connectivity index (χ4v) is 4.58. The quantitative estimate of drug-likeness (QED) is 0.270. The molecule has 34 heavy (non-hydrogen) atoms. The van der Waals surface area contributed by atoms with Crippen molar-refractivity contribution in [2.24, 2.45) is 0 Å². The van der Waals surface area contributed by atoms with Gasteiger partial charge in [-0.25, -0.2) is 9.78 Å². The van der Waals surface area contributed by atoms with Crippen LogP contribution in [0, 0.1) is 13.8 Å². The summed E-state index contributed by atoms with van der Waals surface area (Å²) < 4.78 is 12.9. The van der Waals surface area contributed by atoms with Crippen LogP contribution in [0.2, 0.25) is 5.02 Å². The molecule has 1 aliphatic heterocycles. The minimum absolute atomic E-state index is 0.104. The molecule has 8 nitrogen and oxygen atoms in total. The van der Waals surface area contributed by atoms with Crippen LogP contribution < -0.4 is 9.47 Å². The first-order valence-corrected chi connectivity index (χ1v) is 11.5. The van der Waals surface area contributed by atoms with E-state index < -0.39 is 5.97 Å². The number of nitrogens with one attached hydrogen (secondary N) is 1. The van der Waals surface area contributed by atoms with E-state index in [-0.39, 0.29) is 11.7 Å². The lowest BCUT2D eigenvalue weighted by Gasteiger charge is -2.10. The van der Waals surface area contributed by atoms with Crippen LogP contribution in [-0.2, 0) is 4.79 Å². The number of hydrogen-bond acceptors (Lipinski definition) is 6. The minimum Gasteiger partial charge on any atom is -0.477 e. The van der Waals surface area contributed by atoms with Crippen molar-refractivity contribution in [1.29, 1.82) is 0 Å². The van der Waals surface area contributed by atoms with Crippen molar-refractivity contribution >= 4 is 35.4 Å². The number of carbonyl (C=O) groups is 1. The summed E-state index contributed by atoms with van der Waals surface area (Å²) in [5.74, 6) is 0.867. The number of carboxylic acids is 1. The van der Waals surface area contributed by atoms with Crippen LogP contribution in [0.15, 0.2) is 58.6 Å². The summed E-state index contributed by atoms with van der Waals surface area (Å²) >= 11 is 6.92. The van der Waals surface area contributed by atoms with Gasteiger partial charge in [-0.05, 0) is 79.7 Å². The standard InChI is InChI=1S/C24H19ClN4O4S/c1-13-9-16(14(2)29(13)18-7-8-19-20(11-18)33-12-32-19)10-21(23(30)31)34-24-26-22(27-28-24)15-3-5-17(25)6-4-15/h3-11H,12H2,1-2H3,(H,30,31)(H,26,27,28)/b21-10+. The second-order valence-electron chi connectivity index (χ2n) is 7.59. The van der Waals surface area contributed by atoms with Crippen molar-refractivity contribution < 1.29 is 19.4 Å². The van der Waals surface area contributed by atoms with Crippen molar-refractivity contribution in [2.45, 2.75) is 19.0 Å². The molecule has 10 heteroatoms. The molecule has 0 radical (unpaired) electrons. The summed E-state index contributed by atoms with van der Waals surface area (Å²) in [5, 5.41) is 17.8. The molecule has 0 saturated heterocycles. The Balaban J connectivity index is 1.44. The van der Waals surface area contributed by atoms with E-state index in [0.29, 0.717) is 27.5 Å². The van der Waals surface area contributed by atoms with Crippen LogP contribution in [-0.4, -0.2) is 37.6 Å². The van der Waals surface area contributed by atoms with Gasteiger partial charge in [0.25, 0.3) is 0 Å². The molecule has 5 rings (SSSR count). The predicted octanol–water partition coefficient (Wildman–Crippen LogP) is 5.48. The van der Waals surface area contributed by atoms with Gasteiger partial charge < -0.3 is 19.1 Å². The van der Waals surface area contributed by atoms with E-state index >= 15 is 0 Å². The zero-order valence-corrected chi connectivity index (χ0v) is 19.8. The Bertz CT molecular complexity index is 1430. The smallest absolute Gasteiger partial charge is 0.342 e. The van der Waals surface area contributed by atoms with Crippen LogP contribution >= 0.6 is 23.4 Å². The van der Waals surface area contributed by atoms with Crippen LogP contribution in [0.4, 0.5) is 0 Å². The molecule has 0 unspecified atom stereocenters. The van der Waals surface area contributed by atoms with Crippen molar-refractivity contribution in [2.75, 3.05) is 6.79 Å². The molecule has 172 valence electrons. The lowest BCUT2D eigenvalue weighted by molar-refractivity contribution is -0.131. The molecule has 0 amide bonds. The lowest BCUT2D eigenvalue weighted by atomic mass is 10.2. The van der Waals surface area contributed by atoms with E-state index in [4.69, 9.17) is 21.1 Å². The maximum absolute atomic E-state index is 12.0. The zero-order chi connectivity index (χ0) is 23.8. The third-order valence-electron chi connectivity index (χ3n) is 5.37. The van der Waals surface area contributed by atoms with Gasteiger partial charge >= 0.3 is 5.97 Å². The van der Waals surface area contributed by atoms with E-state index in [1.807, 2.05) is 54.8 Å². The second-order valence-corrected chi connectivity index (χ2v) is 9.03. The molecule has 2 aromatic heterocycles. The number of hydrogen-bond donors (Lipinski definition) is 2. The molecule has 2 aromatic carbocycles. The van der Waals surface area contributed by atoms with Gasteiger partial charge in [-0.2, -0.15) is 0 Å². The highest BCUT2D eigenvalue weighted by atomic mass is 35.5. The summed E-state index contributed by atoms with van der Waals surface area (Å²) in [4.78, 5) is 16.5. The maximum atomic E-state index is 12.0. The number of fused-ring (bicyclic) bond motifs is 1. The Morgan fingerprint density at radius 2 is 1.91 bits per heavy atom. The molecule has 4 aromatic rings. The highest BCUT2D eigenvalue weighted by molar-refractivity contribution is 8.04. The minimum atomic E-state index is -1.06. The number of thioether (sulfide) groups is 1. The van der Waals surface area contributed by atoms with Gasteiger partial charge in [0.2, 0.25) is 11.9 Å². The summed E-state index contributed by atoms with van der Waals surface area (Å²) in [7, 11) is 0. The molecule has 0 bridgehead atoms. The molecule has 0 aliphatic carbocycles. The summed E-state index contributed by atoms with van der Waals surface area (Å²) in [5.41, 5.74) is 4.35. The van der Waals surface area contributed by atoms with Crippen LogP contribution in [0.5, 0.6) is 11.5 Å². The Morgan fingerprint density at radius 1 is 1.15 bits per heavy atom. The lowest BCUT2D eigenvalue weighted by Crippen LogP contribution is -2.00. The van der Waals surface area contributed by atoms with Crippen molar-refractivity contribution in [3.05, 3.63) is 75.4 Å². The second kappa shape index (κ2) is 8.92. The van der Waals surface area contributed by atoms with Gasteiger partial charge in [-0.1, -0.05) is 11.6 Å². The number of aliphatic carboxylic acids is 1. The van der Waals surface area contributed by atoms with E-state index in [2.05, 4.69) is 15.2 Å². The molecule has 3 heterocycles. The number of H-pyrrole nitrogens is 1. The van der Waals surface area contributed by atoms with Crippen LogP contribution in [0.3, 0.4) is 0 Å².